The molecule has 34 heavy (non-hydrogen) atoms. The lowest BCUT2D eigenvalue weighted by atomic mass is 10.1. The van der Waals surface area contributed by atoms with Crippen molar-refractivity contribution >= 4 is 28.7 Å². The number of halogens is 1. The van der Waals surface area contributed by atoms with E-state index in [1.54, 1.807) is 58.5 Å². The highest BCUT2D eigenvalue weighted by Gasteiger charge is 2.25. The number of carbonyl (C=O) groups is 2. The number of amides is 2. The van der Waals surface area contributed by atoms with Crippen molar-refractivity contribution in [1.29, 1.82) is 0 Å². The van der Waals surface area contributed by atoms with E-state index in [9.17, 15) is 14.0 Å². The summed E-state index contributed by atoms with van der Waals surface area (Å²) in [5, 5.41) is 5.24. The summed E-state index contributed by atoms with van der Waals surface area (Å²) in [5.41, 5.74) is 7.03. The number of anilines is 1. The fraction of sp³-hybridized carbons (Fsp3) is 0.208. The van der Waals surface area contributed by atoms with Gasteiger partial charge in [0, 0.05) is 50.2 Å². The number of aromatic nitrogens is 4. The van der Waals surface area contributed by atoms with Gasteiger partial charge in [0.15, 0.2) is 0 Å². The third-order valence-electron chi connectivity index (χ3n) is 5.86. The lowest BCUT2D eigenvalue weighted by molar-refractivity contribution is 0.0741. The van der Waals surface area contributed by atoms with Gasteiger partial charge in [-0.25, -0.2) is 14.4 Å². The molecule has 1 saturated heterocycles. The number of fused-ring (bicyclic) bond motifs is 1. The second-order valence-corrected chi connectivity index (χ2v) is 8.08. The minimum atomic E-state index is -0.566. The van der Waals surface area contributed by atoms with Gasteiger partial charge in [-0.3, -0.25) is 14.3 Å². The van der Waals surface area contributed by atoms with Crippen LogP contribution in [0.15, 0.2) is 61.1 Å². The Hall–Kier alpha value is -4.34. The van der Waals surface area contributed by atoms with Crippen molar-refractivity contribution in [3.05, 3.63) is 83.6 Å². The van der Waals surface area contributed by atoms with Gasteiger partial charge in [0.2, 0.25) is 5.95 Å². The number of carbonyl (C=O) groups excluding carboxylic acids is 2. The predicted octanol–water partition coefficient (Wildman–Crippen LogP) is 2.07. The summed E-state index contributed by atoms with van der Waals surface area (Å²) in [6, 6.07) is 11.4. The van der Waals surface area contributed by atoms with Gasteiger partial charge in [-0.15, -0.1) is 0 Å². The molecule has 1 aliphatic rings. The van der Waals surface area contributed by atoms with E-state index in [4.69, 9.17) is 5.73 Å². The summed E-state index contributed by atoms with van der Waals surface area (Å²) in [7, 11) is 0. The monoisotopic (exact) mass is 459 g/mol. The summed E-state index contributed by atoms with van der Waals surface area (Å²) >= 11 is 0. The molecular weight excluding hydrogens is 437 g/mol. The molecule has 172 valence electrons. The minimum Gasteiger partial charge on any atom is -0.366 e. The molecule has 1 aliphatic heterocycles. The third kappa shape index (κ3) is 4.17. The summed E-state index contributed by atoms with van der Waals surface area (Å²) < 4.78 is 16.3. The highest BCUT2D eigenvalue weighted by atomic mass is 19.1. The van der Waals surface area contributed by atoms with Gasteiger partial charge in [-0.05, 0) is 29.8 Å². The molecule has 0 spiro atoms. The molecule has 1 fully saturated rings. The topological polar surface area (TPSA) is 110 Å². The second kappa shape index (κ2) is 8.89. The molecule has 0 aliphatic carbocycles. The molecule has 2 aromatic carbocycles. The van der Waals surface area contributed by atoms with Crippen LogP contribution < -0.4 is 10.6 Å². The van der Waals surface area contributed by atoms with Crippen LogP contribution in [0.4, 0.5) is 10.3 Å². The highest BCUT2D eigenvalue weighted by Crippen LogP contribution is 2.20. The molecule has 5 rings (SSSR count). The number of benzene rings is 2. The van der Waals surface area contributed by atoms with Crippen molar-refractivity contribution in [2.75, 3.05) is 31.1 Å². The third-order valence-corrected chi connectivity index (χ3v) is 5.86. The number of hydrogen-bond acceptors (Lipinski definition) is 6. The van der Waals surface area contributed by atoms with Crippen molar-refractivity contribution in [3.8, 4) is 0 Å². The van der Waals surface area contributed by atoms with Crippen LogP contribution in [-0.4, -0.2) is 62.6 Å². The Morgan fingerprint density at radius 3 is 2.47 bits per heavy atom. The average Bonchev–Trinajstić information content (AvgIpc) is 3.28. The summed E-state index contributed by atoms with van der Waals surface area (Å²) in [6.45, 7) is 2.34. The average molecular weight is 459 g/mol. The van der Waals surface area contributed by atoms with E-state index in [-0.39, 0.29) is 11.5 Å². The van der Waals surface area contributed by atoms with E-state index in [0.29, 0.717) is 49.8 Å². The molecule has 2 N–H and O–H groups in total. The first kappa shape index (κ1) is 21.5. The fourth-order valence-corrected chi connectivity index (χ4v) is 4.13. The lowest BCUT2D eigenvalue weighted by Crippen LogP contribution is -2.49. The highest BCUT2D eigenvalue weighted by molar-refractivity contribution is 6.04. The van der Waals surface area contributed by atoms with Crippen LogP contribution >= 0.6 is 0 Å². The first-order chi connectivity index (χ1) is 16.5. The van der Waals surface area contributed by atoms with Gasteiger partial charge in [0.25, 0.3) is 11.8 Å². The Kier molecular flexibility index (Phi) is 5.62. The van der Waals surface area contributed by atoms with Gasteiger partial charge >= 0.3 is 0 Å². The van der Waals surface area contributed by atoms with Crippen molar-refractivity contribution in [3.63, 3.8) is 0 Å². The van der Waals surface area contributed by atoms with Crippen molar-refractivity contribution in [1.82, 2.24) is 24.6 Å². The van der Waals surface area contributed by atoms with Crippen LogP contribution in [0.1, 0.15) is 26.3 Å². The molecule has 4 aromatic rings. The van der Waals surface area contributed by atoms with Crippen LogP contribution in [0, 0.1) is 5.82 Å². The molecule has 0 bridgehead atoms. The van der Waals surface area contributed by atoms with E-state index < -0.39 is 11.7 Å². The van der Waals surface area contributed by atoms with Crippen LogP contribution in [0.5, 0.6) is 0 Å². The van der Waals surface area contributed by atoms with Crippen LogP contribution in [-0.2, 0) is 6.54 Å². The molecular formula is C24H22FN7O2. The maximum absolute atomic E-state index is 14.6. The Balaban J connectivity index is 1.32. The zero-order chi connectivity index (χ0) is 23.7. The van der Waals surface area contributed by atoms with Gasteiger partial charge in [0.05, 0.1) is 17.7 Å². The minimum absolute atomic E-state index is 0.0245. The van der Waals surface area contributed by atoms with Crippen molar-refractivity contribution < 1.29 is 14.0 Å². The van der Waals surface area contributed by atoms with Crippen molar-refractivity contribution in [2.24, 2.45) is 5.73 Å². The predicted molar refractivity (Wildman–Crippen MR) is 124 cm³/mol. The van der Waals surface area contributed by atoms with Gasteiger partial charge in [-0.1, -0.05) is 18.2 Å². The van der Waals surface area contributed by atoms with Gasteiger partial charge < -0.3 is 15.5 Å². The Morgan fingerprint density at radius 2 is 1.74 bits per heavy atom. The molecule has 0 atom stereocenters. The van der Waals surface area contributed by atoms with E-state index in [2.05, 4.69) is 15.1 Å². The van der Waals surface area contributed by atoms with Gasteiger partial charge in [0.1, 0.15) is 11.3 Å². The molecule has 2 amide bonds. The van der Waals surface area contributed by atoms with E-state index in [1.165, 1.54) is 6.07 Å². The Labute approximate surface area is 194 Å². The number of piperazine rings is 1. The molecule has 3 heterocycles. The lowest BCUT2D eigenvalue weighted by Gasteiger charge is -2.34. The van der Waals surface area contributed by atoms with Gasteiger partial charge in [-0.2, -0.15) is 5.10 Å². The van der Waals surface area contributed by atoms with E-state index in [0.717, 1.165) is 10.9 Å². The molecule has 0 radical (unpaired) electrons. The first-order valence-corrected chi connectivity index (χ1v) is 10.9. The number of nitrogens with zero attached hydrogens (tertiary/aromatic N) is 6. The van der Waals surface area contributed by atoms with E-state index in [1.807, 2.05) is 11.0 Å². The van der Waals surface area contributed by atoms with Crippen molar-refractivity contribution in [2.45, 2.75) is 6.54 Å². The Bertz CT molecular complexity index is 1360. The summed E-state index contributed by atoms with van der Waals surface area (Å²) in [6.07, 6.45) is 5.15. The zero-order valence-corrected chi connectivity index (χ0v) is 18.3. The summed E-state index contributed by atoms with van der Waals surface area (Å²) in [5.74, 6) is -0.850. The quantitative estimate of drug-likeness (QED) is 0.489. The molecule has 0 unspecified atom stereocenters. The SMILES string of the molecule is NC(=O)c1cccc2cn(Cc3ccc(F)c(C(=O)N4CCN(c5ncccn5)CC4)c3)nc12. The maximum atomic E-state index is 14.6. The second-order valence-electron chi connectivity index (χ2n) is 8.08. The number of primary amides is 1. The number of hydrogen-bond donors (Lipinski definition) is 1. The van der Waals surface area contributed by atoms with Crippen LogP contribution in [0.3, 0.4) is 0 Å². The summed E-state index contributed by atoms with van der Waals surface area (Å²) in [4.78, 5) is 36.9. The Morgan fingerprint density at radius 1 is 0.971 bits per heavy atom. The smallest absolute Gasteiger partial charge is 0.256 e. The maximum Gasteiger partial charge on any atom is 0.256 e. The standard InChI is InChI=1S/C24H22FN7O2/c25-20-6-5-16(14-32-15-17-3-1-4-18(22(26)33)21(17)29-32)13-19(20)23(34)30-9-11-31(12-10-30)24-27-7-2-8-28-24/h1-8,13,15H,9-12,14H2,(H2,26,33). The molecule has 9 nitrogen and oxygen atoms in total. The normalized spacial score (nSPS) is 13.9. The van der Waals surface area contributed by atoms with E-state index >= 15 is 0 Å². The first-order valence-electron chi connectivity index (χ1n) is 10.9. The zero-order valence-electron chi connectivity index (χ0n) is 18.3. The van der Waals surface area contributed by atoms with Crippen LogP contribution in [0.25, 0.3) is 10.9 Å². The molecule has 0 saturated carbocycles. The number of rotatable bonds is 5. The molecule has 10 heteroatoms. The largest absolute Gasteiger partial charge is 0.366 e. The number of nitrogens with two attached hydrogens (primary N) is 1. The molecule has 2 aromatic heterocycles. The van der Waals surface area contributed by atoms with Crippen LogP contribution in [0.2, 0.25) is 0 Å². The fourth-order valence-electron chi connectivity index (χ4n) is 4.13.